The number of nitrogens with one attached hydrogen (secondary N) is 2. The molecule has 0 saturated carbocycles. The van der Waals surface area contributed by atoms with E-state index in [-0.39, 0.29) is 30.7 Å². The lowest BCUT2D eigenvalue weighted by Crippen LogP contribution is -2.60. The van der Waals surface area contributed by atoms with Crippen LogP contribution in [0.5, 0.6) is 0 Å². The Morgan fingerprint density at radius 1 is 0.971 bits per heavy atom. The molecule has 2 N–H and O–H groups in total. The number of amides is 3. The fourth-order valence-electron chi connectivity index (χ4n) is 4.74. The highest BCUT2D eigenvalue weighted by molar-refractivity contribution is 5.97. The van der Waals surface area contributed by atoms with E-state index < -0.39 is 6.04 Å². The molecule has 2 aromatic rings. The van der Waals surface area contributed by atoms with Crippen molar-refractivity contribution >= 4 is 29.1 Å². The Morgan fingerprint density at radius 2 is 1.65 bits per heavy atom. The number of benzene rings is 2. The van der Waals surface area contributed by atoms with Crippen molar-refractivity contribution in [2.24, 2.45) is 0 Å². The van der Waals surface area contributed by atoms with Gasteiger partial charge in [0, 0.05) is 50.6 Å². The number of anilines is 2. The predicted octanol–water partition coefficient (Wildman–Crippen LogP) is 1.78. The molecule has 4 rings (SSSR count). The molecular formula is C26H33N5O3. The molecule has 1 unspecified atom stereocenters. The second-order valence-corrected chi connectivity index (χ2v) is 9.12. The van der Waals surface area contributed by atoms with Gasteiger partial charge >= 0.3 is 0 Å². The molecule has 0 aromatic heterocycles. The Hall–Kier alpha value is -3.39. The SMILES string of the molecule is Cc1cc(C)cc(NC(=O)CC2C(=O)NCCN2C(=O)CN2CCN(c3ccccc3)CC2)c1. The highest BCUT2D eigenvalue weighted by Gasteiger charge is 2.35. The van der Waals surface area contributed by atoms with E-state index in [2.05, 4.69) is 32.6 Å². The van der Waals surface area contributed by atoms with Crippen molar-refractivity contribution in [2.75, 3.05) is 56.0 Å². The van der Waals surface area contributed by atoms with Crippen molar-refractivity contribution < 1.29 is 14.4 Å². The van der Waals surface area contributed by atoms with Crippen LogP contribution in [0.15, 0.2) is 48.5 Å². The monoisotopic (exact) mass is 463 g/mol. The van der Waals surface area contributed by atoms with Gasteiger partial charge in [0.2, 0.25) is 17.7 Å². The molecule has 0 bridgehead atoms. The van der Waals surface area contributed by atoms with Crippen LogP contribution in [0, 0.1) is 13.8 Å². The Balaban J connectivity index is 1.33. The number of rotatable bonds is 6. The highest BCUT2D eigenvalue weighted by atomic mass is 16.2. The molecule has 2 aliphatic heterocycles. The minimum absolute atomic E-state index is 0.0631. The first kappa shape index (κ1) is 23.8. The van der Waals surface area contributed by atoms with Gasteiger partial charge in [0.05, 0.1) is 13.0 Å². The molecular weight excluding hydrogens is 430 g/mol. The van der Waals surface area contributed by atoms with Crippen LogP contribution in [0.4, 0.5) is 11.4 Å². The number of piperazine rings is 2. The minimum Gasteiger partial charge on any atom is -0.369 e. The molecule has 0 aliphatic carbocycles. The molecule has 34 heavy (non-hydrogen) atoms. The Kier molecular flexibility index (Phi) is 7.47. The lowest BCUT2D eigenvalue weighted by Gasteiger charge is -2.39. The van der Waals surface area contributed by atoms with Gasteiger partial charge in [0.15, 0.2) is 0 Å². The molecule has 1 atom stereocenters. The van der Waals surface area contributed by atoms with Gasteiger partial charge in [-0.25, -0.2) is 0 Å². The van der Waals surface area contributed by atoms with E-state index in [0.29, 0.717) is 18.8 Å². The fourth-order valence-corrected chi connectivity index (χ4v) is 4.74. The molecule has 180 valence electrons. The van der Waals surface area contributed by atoms with Gasteiger partial charge in [-0.05, 0) is 49.2 Å². The molecule has 2 saturated heterocycles. The van der Waals surface area contributed by atoms with Gasteiger partial charge < -0.3 is 20.4 Å². The normalized spacial score (nSPS) is 19.0. The second-order valence-electron chi connectivity index (χ2n) is 9.12. The van der Waals surface area contributed by atoms with E-state index in [1.54, 1.807) is 4.90 Å². The summed E-state index contributed by atoms with van der Waals surface area (Å²) in [5, 5.41) is 5.68. The van der Waals surface area contributed by atoms with Gasteiger partial charge in [-0.2, -0.15) is 0 Å². The van der Waals surface area contributed by atoms with Crippen molar-refractivity contribution in [1.29, 1.82) is 0 Å². The molecule has 0 spiro atoms. The van der Waals surface area contributed by atoms with Crippen molar-refractivity contribution in [2.45, 2.75) is 26.3 Å². The third kappa shape index (κ3) is 5.94. The van der Waals surface area contributed by atoms with Crippen molar-refractivity contribution in [3.63, 3.8) is 0 Å². The zero-order valence-electron chi connectivity index (χ0n) is 19.9. The van der Waals surface area contributed by atoms with Crippen LogP contribution in [0.3, 0.4) is 0 Å². The average molecular weight is 464 g/mol. The van der Waals surface area contributed by atoms with Gasteiger partial charge in [-0.1, -0.05) is 24.3 Å². The summed E-state index contributed by atoms with van der Waals surface area (Å²) in [4.78, 5) is 44.5. The maximum Gasteiger partial charge on any atom is 0.243 e. The average Bonchev–Trinajstić information content (AvgIpc) is 2.80. The first-order valence-electron chi connectivity index (χ1n) is 11.9. The molecule has 2 aliphatic rings. The number of hydrogen-bond acceptors (Lipinski definition) is 5. The standard InChI is InChI=1S/C26H33N5O3/c1-19-14-20(2)16-21(15-19)28-24(32)17-23-26(34)27-8-9-31(23)25(33)18-29-10-12-30(13-11-29)22-6-4-3-5-7-22/h3-7,14-16,23H,8-13,17-18H2,1-2H3,(H,27,34)(H,28,32). The van der Waals surface area contributed by atoms with Crippen LogP contribution in [0.25, 0.3) is 0 Å². The van der Waals surface area contributed by atoms with Gasteiger partial charge in [0.25, 0.3) is 0 Å². The summed E-state index contributed by atoms with van der Waals surface area (Å²) in [5.41, 5.74) is 3.99. The molecule has 2 fully saturated rings. The predicted molar refractivity (Wildman–Crippen MR) is 133 cm³/mol. The van der Waals surface area contributed by atoms with E-state index in [1.807, 2.05) is 50.2 Å². The Morgan fingerprint density at radius 3 is 2.32 bits per heavy atom. The van der Waals surface area contributed by atoms with Crippen LogP contribution in [0.2, 0.25) is 0 Å². The summed E-state index contributed by atoms with van der Waals surface area (Å²) in [6.07, 6.45) is -0.0631. The van der Waals surface area contributed by atoms with Crippen LogP contribution < -0.4 is 15.5 Å². The smallest absolute Gasteiger partial charge is 0.243 e. The minimum atomic E-state index is -0.794. The number of carbonyl (C=O) groups is 3. The lowest BCUT2D eigenvalue weighted by atomic mass is 10.1. The summed E-state index contributed by atoms with van der Waals surface area (Å²) >= 11 is 0. The molecule has 0 radical (unpaired) electrons. The molecule has 8 heteroatoms. The summed E-state index contributed by atoms with van der Waals surface area (Å²) in [6.45, 7) is 8.26. The van der Waals surface area contributed by atoms with E-state index in [1.165, 1.54) is 5.69 Å². The molecule has 2 aromatic carbocycles. The lowest BCUT2D eigenvalue weighted by molar-refractivity contribution is -0.145. The maximum atomic E-state index is 13.2. The highest BCUT2D eigenvalue weighted by Crippen LogP contribution is 2.18. The molecule has 8 nitrogen and oxygen atoms in total. The van der Waals surface area contributed by atoms with E-state index in [4.69, 9.17) is 0 Å². The zero-order valence-corrected chi connectivity index (χ0v) is 19.9. The van der Waals surface area contributed by atoms with Crippen molar-refractivity contribution in [3.05, 3.63) is 59.7 Å². The van der Waals surface area contributed by atoms with Crippen LogP contribution >= 0.6 is 0 Å². The van der Waals surface area contributed by atoms with Crippen LogP contribution in [-0.4, -0.2) is 79.4 Å². The summed E-state index contributed by atoms with van der Waals surface area (Å²) < 4.78 is 0. The van der Waals surface area contributed by atoms with E-state index in [0.717, 1.165) is 37.3 Å². The first-order valence-corrected chi connectivity index (χ1v) is 11.9. The van der Waals surface area contributed by atoms with E-state index >= 15 is 0 Å². The maximum absolute atomic E-state index is 13.2. The number of hydrogen-bond donors (Lipinski definition) is 2. The number of aryl methyl sites for hydroxylation is 2. The Labute approximate surface area is 200 Å². The topological polar surface area (TPSA) is 85.0 Å². The number of carbonyl (C=O) groups excluding carboxylic acids is 3. The number of nitrogens with zero attached hydrogens (tertiary/aromatic N) is 3. The first-order chi connectivity index (χ1) is 16.4. The molecule has 2 heterocycles. The van der Waals surface area contributed by atoms with Crippen LogP contribution in [0.1, 0.15) is 17.5 Å². The van der Waals surface area contributed by atoms with Crippen molar-refractivity contribution in [3.8, 4) is 0 Å². The number of para-hydroxylation sites is 1. The summed E-state index contributed by atoms with van der Waals surface area (Å²) in [5.74, 6) is -0.655. The summed E-state index contributed by atoms with van der Waals surface area (Å²) in [6, 6.07) is 15.3. The van der Waals surface area contributed by atoms with Gasteiger partial charge in [-0.3, -0.25) is 19.3 Å². The third-order valence-electron chi connectivity index (χ3n) is 6.39. The second kappa shape index (κ2) is 10.7. The van der Waals surface area contributed by atoms with E-state index in [9.17, 15) is 14.4 Å². The largest absolute Gasteiger partial charge is 0.369 e. The van der Waals surface area contributed by atoms with Gasteiger partial charge in [0.1, 0.15) is 6.04 Å². The quantitative estimate of drug-likeness (QED) is 0.682. The van der Waals surface area contributed by atoms with Crippen LogP contribution in [-0.2, 0) is 14.4 Å². The molecule has 3 amide bonds. The fraction of sp³-hybridized carbons (Fsp3) is 0.423. The zero-order chi connectivity index (χ0) is 24.1. The summed E-state index contributed by atoms with van der Waals surface area (Å²) in [7, 11) is 0. The van der Waals surface area contributed by atoms with Gasteiger partial charge in [-0.15, -0.1) is 0 Å². The van der Waals surface area contributed by atoms with Crippen molar-refractivity contribution in [1.82, 2.24) is 15.1 Å². The Bertz CT molecular complexity index is 1010. The third-order valence-corrected chi connectivity index (χ3v) is 6.39.